The number of benzene rings is 1. The second-order valence-electron chi connectivity index (χ2n) is 5.01. The van der Waals surface area contributed by atoms with Gasteiger partial charge in [-0.2, -0.15) is 0 Å². The predicted molar refractivity (Wildman–Crippen MR) is 82.5 cm³/mol. The third-order valence-corrected chi connectivity index (χ3v) is 3.62. The zero-order chi connectivity index (χ0) is 15.7. The quantitative estimate of drug-likeness (QED) is 0.478. The van der Waals surface area contributed by atoms with Crippen LogP contribution in [0.3, 0.4) is 0 Å². The molecular weight excluding hydrogens is 303 g/mol. The summed E-state index contributed by atoms with van der Waals surface area (Å²) < 4.78 is 1.93. The molecule has 7 heteroatoms. The first-order valence-corrected chi connectivity index (χ1v) is 7.06. The van der Waals surface area contributed by atoms with E-state index in [1.807, 2.05) is 36.7 Å². The number of aryl methyl sites for hydroxylation is 2. The van der Waals surface area contributed by atoms with Crippen molar-refractivity contribution >= 4 is 5.78 Å². The first kappa shape index (κ1) is 17.5. The fraction of sp³-hybridized carbons (Fsp3) is 0.188. The molecule has 0 bridgehead atoms. The van der Waals surface area contributed by atoms with Gasteiger partial charge >= 0.3 is 35.2 Å². The third kappa shape index (κ3) is 3.39. The molecule has 1 aromatic carbocycles. The van der Waals surface area contributed by atoms with Gasteiger partial charge in [0.05, 0.1) is 0 Å². The van der Waals surface area contributed by atoms with E-state index in [4.69, 9.17) is 0 Å². The monoisotopic (exact) mass is 319 g/mol. The number of hydrogen-bond acceptors (Lipinski definition) is 3. The van der Waals surface area contributed by atoms with Gasteiger partial charge in [-0.15, -0.1) is 0 Å². The molecule has 0 aliphatic rings. The summed E-state index contributed by atoms with van der Waals surface area (Å²) in [5.41, 5.74) is 2.07. The molecular formula is C16H16N4NaO2+. The summed E-state index contributed by atoms with van der Waals surface area (Å²) in [6.45, 7) is 3.80. The summed E-state index contributed by atoms with van der Waals surface area (Å²) in [6, 6.07) is 7.22. The maximum Gasteiger partial charge on any atom is 1.00 e. The van der Waals surface area contributed by atoms with Crippen molar-refractivity contribution in [1.29, 1.82) is 0 Å². The van der Waals surface area contributed by atoms with Gasteiger partial charge in [0.1, 0.15) is 11.5 Å². The van der Waals surface area contributed by atoms with Gasteiger partial charge in [0.15, 0.2) is 0 Å². The van der Waals surface area contributed by atoms with E-state index >= 15 is 0 Å². The van der Waals surface area contributed by atoms with E-state index in [1.54, 1.807) is 18.3 Å². The molecule has 6 nitrogen and oxygen atoms in total. The largest absolute Gasteiger partial charge is 1.00 e. The number of hydrogen-bond donors (Lipinski definition) is 2. The number of imidazole rings is 2. The van der Waals surface area contributed by atoms with Crippen molar-refractivity contribution in [2.24, 2.45) is 0 Å². The topological polar surface area (TPSA) is 83.5 Å². The summed E-state index contributed by atoms with van der Waals surface area (Å²) in [5.74, 6) is 0.686. The fourth-order valence-electron chi connectivity index (χ4n) is 2.45. The Hall–Kier alpha value is -1.89. The van der Waals surface area contributed by atoms with Gasteiger partial charge in [-0.05, 0) is 37.6 Å². The van der Waals surface area contributed by atoms with Crippen molar-refractivity contribution in [1.82, 2.24) is 19.5 Å². The van der Waals surface area contributed by atoms with Crippen LogP contribution in [-0.2, 0) is 6.42 Å². The van der Waals surface area contributed by atoms with Crippen LogP contribution in [0.5, 0.6) is 0 Å². The normalized spacial score (nSPS) is 10.3. The van der Waals surface area contributed by atoms with Crippen LogP contribution in [-0.4, -0.2) is 25.3 Å². The molecule has 3 aromatic rings. The molecule has 0 aliphatic carbocycles. The summed E-state index contributed by atoms with van der Waals surface area (Å²) >= 11 is 0. The molecule has 2 N–H and O–H groups in total. The minimum atomic E-state index is -0.356. The van der Waals surface area contributed by atoms with E-state index in [0.717, 1.165) is 11.5 Å². The van der Waals surface area contributed by atoms with Gasteiger partial charge in [0.25, 0.3) is 0 Å². The second kappa shape index (κ2) is 7.12. The average molecular weight is 319 g/mol. The molecule has 0 unspecified atom stereocenters. The second-order valence-corrected chi connectivity index (χ2v) is 5.01. The predicted octanol–water partition coefficient (Wildman–Crippen LogP) is -1.01. The van der Waals surface area contributed by atoms with Gasteiger partial charge in [-0.1, -0.05) is 6.92 Å². The van der Waals surface area contributed by atoms with E-state index in [-0.39, 0.29) is 41.0 Å². The molecule has 3 rings (SSSR count). The van der Waals surface area contributed by atoms with Gasteiger partial charge < -0.3 is 14.5 Å². The molecule has 0 aliphatic heterocycles. The Balaban J connectivity index is 0.00000192. The molecule has 0 saturated carbocycles. The Kier molecular flexibility index (Phi) is 5.41. The van der Waals surface area contributed by atoms with Gasteiger partial charge in [-0.25, -0.2) is 9.78 Å². The Bertz CT molecular complexity index is 874. The number of aromatic amines is 2. The van der Waals surface area contributed by atoms with E-state index < -0.39 is 0 Å². The Morgan fingerprint density at radius 1 is 1.22 bits per heavy atom. The molecule has 0 spiro atoms. The Morgan fingerprint density at radius 3 is 2.48 bits per heavy atom. The molecule has 2 heterocycles. The molecule has 23 heavy (non-hydrogen) atoms. The van der Waals surface area contributed by atoms with E-state index in [0.29, 0.717) is 23.4 Å². The number of rotatable bonds is 4. The van der Waals surface area contributed by atoms with Crippen LogP contribution in [0, 0.1) is 6.92 Å². The maximum atomic E-state index is 12.5. The number of ketones is 1. The van der Waals surface area contributed by atoms with Crippen LogP contribution in [0.1, 0.15) is 34.5 Å². The van der Waals surface area contributed by atoms with Crippen molar-refractivity contribution in [3.63, 3.8) is 0 Å². The number of carbonyl (C=O) groups excluding carboxylic acids is 1. The maximum absolute atomic E-state index is 12.5. The van der Waals surface area contributed by atoms with Crippen LogP contribution >= 0.6 is 0 Å². The van der Waals surface area contributed by atoms with E-state index in [9.17, 15) is 9.59 Å². The summed E-state index contributed by atoms with van der Waals surface area (Å²) in [5, 5.41) is 0. The third-order valence-electron chi connectivity index (χ3n) is 3.62. The van der Waals surface area contributed by atoms with Crippen LogP contribution in [0.2, 0.25) is 0 Å². The van der Waals surface area contributed by atoms with Crippen molar-refractivity contribution in [3.8, 4) is 5.69 Å². The fourth-order valence-corrected chi connectivity index (χ4v) is 2.45. The molecule has 0 radical (unpaired) electrons. The average Bonchev–Trinajstić information content (AvgIpc) is 3.12. The van der Waals surface area contributed by atoms with E-state index in [2.05, 4.69) is 15.0 Å². The minimum absolute atomic E-state index is 0. The molecule has 0 saturated heterocycles. The first-order valence-electron chi connectivity index (χ1n) is 7.06. The Morgan fingerprint density at radius 2 is 1.91 bits per heavy atom. The smallest absolute Gasteiger partial charge is 0.309 e. The summed E-state index contributed by atoms with van der Waals surface area (Å²) in [4.78, 5) is 33.3. The van der Waals surface area contributed by atoms with Crippen LogP contribution in [0.15, 0.2) is 41.5 Å². The van der Waals surface area contributed by atoms with Crippen molar-refractivity contribution in [2.45, 2.75) is 20.3 Å². The van der Waals surface area contributed by atoms with Crippen molar-refractivity contribution in [2.75, 3.05) is 0 Å². The number of nitrogens with zero attached hydrogens (tertiary/aromatic N) is 2. The van der Waals surface area contributed by atoms with Gasteiger partial charge in [0.2, 0.25) is 5.78 Å². The summed E-state index contributed by atoms with van der Waals surface area (Å²) in [6.07, 6.45) is 4.18. The number of H-pyrrole nitrogens is 2. The van der Waals surface area contributed by atoms with Gasteiger partial charge in [-0.3, -0.25) is 4.79 Å². The number of carbonyl (C=O) groups is 1. The van der Waals surface area contributed by atoms with Crippen LogP contribution in [0.4, 0.5) is 0 Å². The van der Waals surface area contributed by atoms with Crippen molar-refractivity contribution < 1.29 is 34.4 Å². The zero-order valence-electron chi connectivity index (χ0n) is 13.4. The molecule has 2 aromatic heterocycles. The number of nitrogens with one attached hydrogen (secondary N) is 2. The molecule has 0 fully saturated rings. The minimum Gasteiger partial charge on any atom is -0.309 e. The Labute approximate surface area is 155 Å². The first-order chi connectivity index (χ1) is 10.6. The van der Waals surface area contributed by atoms with Crippen LogP contribution in [0.25, 0.3) is 5.69 Å². The molecule has 0 amide bonds. The standard InChI is InChI=1S/C16H16N4O2.Na/c1-3-13-14(19-16(22)18-13)15(21)11-4-6-12(7-5-11)20-9-8-17-10(20)2;/h4-9H,3H2,1-2H3,(H2,18,19,22);/q;+1. The molecule has 112 valence electrons. The zero-order valence-corrected chi connectivity index (χ0v) is 15.4. The summed E-state index contributed by atoms with van der Waals surface area (Å²) in [7, 11) is 0. The number of aromatic nitrogens is 4. The molecule has 0 atom stereocenters. The SMILES string of the molecule is CCc1[nH]c(=O)[nH]c1C(=O)c1ccc(-n2ccnc2C)cc1.[Na+]. The van der Waals surface area contributed by atoms with E-state index in [1.165, 1.54) is 0 Å². The van der Waals surface area contributed by atoms with Gasteiger partial charge in [0, 0.05) is 29.3 Å². The van der Waals surface area contributed by atoms with Crippen LogP contribution < -0.4 is 35.2 Å². The van der Waals surface area contributed by atoms with Crippen molar-refractivity contribution in [3.05, 3.63) is 69.9 Å².